The van der Waals surface area contributed by atoms with Gasteiger partial charge in [-0.15, -0.1) is 0 Å². The van der Waals surface area contributed by atoms with Gasteiger partial charge >= 0.3 is 11.2 Å². The molecule has 1 aliphatic heterocycles. The highest BCUT2D eigenvalue weighted by Gasteiger charge is 2.40. The number of ether oxygens (including phenoxy) is 3. The van der Waals surface area contributed by atoms with Gasteiger partial charge in [-0.25, -0.2) is 4.79 Å². The van der Waals surface area contributed by atoms with Crippen LogP contribution < -0.4 is 0 Å². The Morgan fingerprint density at radius 1 is 1.33 bits per heavy atom. The van der Waals surface area contributed by atoms with Gasteiger partial charge in [0, 0.05) is 12.2 Å². The van der Waals surface area contributed by atoms with Gasteiger partial charge in [-0.3, -0.25) is 0 Å². The van der Waals surface area contributed by atoms with Gasteiger partial charge in [0.25, 0.3) is 0 Å². The molecule has 0 bridgehead atoms. The first kappa shape index (κ1) is 12.8. The molecule has 0 aliphatic carbocycles. The number of esters is 1. The molecule has 4 nitrogen and oxygen atoms in total. The molecule has 2 atom stereocenters. The number of aryl methyl sites for hydroxylation is 1. The zero-order valence-corrected chi connectivity index (χ0v) is 10.8. The fourth-order valence-electron chi connectivity index (χ4n) is 1.87. The van der Waals surface area contributed by atoms with E-state index in [1.165, 1.54) is 12.7 Å². The minimum atomic E-state index is -0.744. The second kappa shape index (κ2) is 5.82. The van der Waals surface area contributed by atoms with Crippen molar-refractivity contribution in [2.75, 3.05) is 7.11 Å². The highest BCUT2D eigenvalue weighted by atomic mass is 32.1. The van der Waals surface area contributed by atoms with Crippen LogP contribution in [0.4, 0.5) is 0 Å². The third kappa shape index (κ3) is 2.98. The van der Waals surface area contributed by atoms with E-state index < -0.39 is 12.1 Å². The molecular formula is C13H14O4S. The molecule has 0 aromatic heterocycles. The van der Waals surface area contributed by atoms with Crippen molar-refractivity contribution < 1.29 is 19.0 Å². The van der Waals surface area contributed by atoms with Crippen molar-refractivity contribution in [1.82, 2.24) is 0 Å². The highest BCUT2D eigenvalue weighted by Crippen LogP contribution is 2.21. The Bertz CT molecular complexity index is 432. The number of rotatable bonds is 4. The summed E-state index contributed by atoms with van der Waals surface area (Å²) < 4.78 is 15.1. The summed E-state index contributed by atoms with van der Waals surface area (Å²) in [5.41, 5.74) is 1.18. The molecular weight excluding hydrogens is 252 g/mol. The second-order valence-electron chi connectivity index (χ2n) is 3.99. The van der Waals surface area contributed by atoms with Crippen molar-refractivity contribution in [2.24, 2.45) is 0 Å². The summed E-state index contributed by atoms with van der Waals surface area (Å²) in [4.78, 5) is 11.5. The largest absolute Gasteiger partial charge is 0.466 e. The average molecular weight is 266 g/mol. The molecule has 2 rings (SSSR count). The lowest BCUT2D eigenvalue weighted by Crippen LogP contribution is -2.32. The number of carbonyl (C=O) groups excluding carboxylic acids is 1. The van der Waals surface area contributed by atoms with Crippen molar-refractivity contribution in [3.63, 3.8) is 0 Å². The van der Waals surface area contributed by atoms with Gasteiger partial charge in [-0.1, -0.05) is 30.3 Å². The first-order chi connectivity index (χ1) is 8.70. The molecule has 18 heavy (non-hydrogen) atoms. The SMILES string of the molecule is COC(=O)[C@H]1OC(=S)O[C@@H]1CCc1ccccc1. The van der Waals surface area contributed by atoms with Gasteiger partial charge in [-0.2, -0.15) is 0 Å². The van der Waals surface area contributed by atoms with Gasteiger partial charge in [0.1, 0.15) is 0 Å². The fourth-order valence-corrected chi connectivity index (χ4v) is 2.10. The molecule has 1 aliphatic rings. The van der Waals surface area contributed by atoms with E-state index in [9.17, 15) is 4.79 Å². The second-order valence-corrected chi connectivity index (χ2v) is 4.33. The van der Waals surface area contributed by atoms with Crippen LogP contribution in [0.3, 0.4) is 0 Å². The van der Waals surface area contributed by atoms with E-state index >= 15 is 0 Å². The number of thiocarbonyl (C=S) groups is 1. The lowest BCUT2D eigenvalue weighted by molar-refractivity contribution is -0.150. The lowest BCUT2D eigenvalue weighted by atomic mass is 10.0. The molecule has 96 valence electrons. The molecule has 1 aromatic carbocycles. The Kier molecular flexibility index (Phi) is 4.15. The maximum Gasteiger partial charge on any atom is 0.353 e. The third-order valence-corrected chi connectivity index (χ3v) is 2.99. The van der Waals surface area contributed by atoms with Gasteiger partial charge in [0.2, 0.25) is 6.10 Å². The van der Waals surface area contributed by atoms with Crippen LogP contribution in [0, 0.1) is 0 Å². The van der Waals surface area contributed by atoms with E-state index in [4.69, 9.17) is 21.7 Å². The molecule has 0 radical (unpaired) electrons. The molecule has 0 saturated carbocycles. The summed E-state index contributed by atoms with van der Waals surface area (Å²) in [7, 11) is 1.32. The van der Waals surface area contributed by atoms with Crippen molar-refractivity contribution in [1.29, 1.82) is 0 Å². The van der Waals surface area contributed by atoms with E-state index in [2.05, 4.69) is 4.74 Å². The predicted octanol–water partition coefficient (Wildman–Crippen LogP) is 1.86. The Morgan fingerprint density at radius 2 is 2.06 bits per heavy atom. The molecule has 1 heterocycles. The van der Waals surface area contributed by atoms with E-state index in [1.807, 2.05) is 30.3 Å². The quantitative estimate of drug-likeness (QED) is 0.615. The summed E-state index contributed by atoms with van der Waals surface area (Å²) in [6.45, 7) is 0. The van der Waals surface area contributed by atoms with Crippen LogP contribution in [0.1, 0.15) is 12.0 Å². The number of hydrogen-bond acceptors (Lipinski definition) is 5. The molecule has 5 heteroatoms. The Balaban J connectivity index is 1.95. The van der Waals surface area contributed by atoms with Gasteiger partial charge in [0.05, 0.1) is 7.11 Å². The normalized spacial score (nSPS) is 22.2. The maximum absolute atomic E-state index is 11.5. The van der Waals surface area contributed by atoms with Crippen molar-refractivity contribution in [2.45, 2.75) is 25.0 Å². The van der Waals surface area contributed by atoms with Crippen LogP contribution in [-0.4, -0.2) is 30.5 Å². The highest BCUT2D eigenvalue weighted by molar-refractivity contribution is 7.79. The van der Waals surface area contributed by atoms with Crippen LogP contribution in [0.25, 0.3) is 0 Å². The maximum atomic E-state index is 11.5. The first-order valence-electron chi connectivity index (χ1n) is 5.69. The van der Waals surface area contributed by atoms with Gasteiger partial charge < -0.3 is 14.2 Å². The fraction of sp³-hybridized carbons (Fsp3) is 0.385. The van der Waals surface area contributed by atoms with E-state index in [0.29, 0.717) is 6.42 Å². The van der Waals surface area contributed by atoms with E-state index in [0.717, 1.165) is 6.42 Å². The monoisotopic (exact) mass is 266 g/mol. The Hall–Kier alpha value is -1.62. The minimum absolute atomic E-state index is 0.0171. The molecule has 1 fully saturated rings. The topological polar surface area (TPSA) is 44.8 Å². The standard InChI is InChI=1S/C13H14O4S/c1-15-12(14)11-10(16-13(18)17-11)8-7-9-5-3-2-4-6-9/h2-6,10-11H,7-8H2,1H3/t10-,11+/m1/s1. The Labute approximate surface area is 111 Å². The smallest absolute Gasteiger partial charge is 0.353 e. The predicted molar refractivity (Wildman–Crippen MR) is 69.1 cm³/mol. The summed E-state index contributed by atoms with van der Waals surface area (Å²) in [5.74, 6) is -0.451. The number of methoxy groups -OCH3 is 1. The molecule has 1 saturated heterocycles. The van der Waals surface area contributed by atoms with Crippen LogP contribution in [0.2, 0.25) is 0 Å². The van der Waals surface area contributed by atoms with Crippen LogP contribution in [0.15, 0.2) is 30.3 Å². The van der Waals surface area contributed by atoms with Crippen molar-refractivity contribution >= 4 is 23.4 Å². The average Bonchev–Trinajstić information content (AvgIpc) is 2.78. The molecule has 0 N–H and O–H groups in total. The third-order valence-electron chi connectivity index (χ3n) is 2.80. The Morgan fingerprint density at radius 3 is 2.72 bits per heavy atom. The summed E-state index contributed by atoms with van der Waals surface area (Å²) in [6.07, 6.45) is 0.339. The first-order valence-corrected chi connectivity index (χ1v) is 6.10. The van der Waals surface area contributed by atoms with E-state index in [1.54, 1.807) is 0 Å². The lowest BCUT2D eigenvalue weighted by Gasteiger charge is -2.13. The number of benzene rings is 1. The summed E-state index contributed by atoms with van der Waals surface area (Å²) >= 11 is 4.82. The van der Waals surface area contributed by atoms with E-state index in [-0.39, 0.29) is 11.3 Å². The zero-order valence-electron chi connectivity index (χ0n) is 10.00. The van der Waals surface area contributed by atoms with Crippen molar-refractivity contribution in [3.05, 3.63) is 35.9 Å². The number of hydrogen-bond donors (Lipinski definition) is 0. The molecule has 0 amide bonds. The summed E-state index contributed by atoms with van der Waals surface area (Å²) in [6, 6.07) is 9.97. The van der Waals surface area contributed by atoms with Crippen LogP contribution in [0.5, 0.6) is 0 Å². The van der Waals surface area contributed by atoms with Crippen molar-refractivity contribution in [3.8, 4) is 0 Å². The molecule has 1 aromatic rings. The van der Waals surface area contributed by atoms with Crippen LogP contribution in [-0.2, 0) is 25.4 Å². The zero-order chi connectivity index (χ0) is 13.0. The molecule has 0 unspecified atom stereocenters. The van der Waals surface area contributed by atoms with Gasteiger partial charge in [0.15, 0.2) is 6.10 Å². The minimum Gasteiger partial charge on any atom is -0.466 e. The molecule has 0 spiro atoms. The van der Waals surface area contributed by atoms with Crippen LogP contribution >= 0.6 is 12.2 Å². The van der Waals surface area contributed by atoms with Gasteiger partial charge in [-0.05, 0) is 18.4 Å². The summed E-state index contributed by atoms with van der Waals surface area (Å²) in [5, 5.41) is 0.0171. The number of carbonyl (C=O) groups is 1.